The third-order valence-electron chi connectivity index (χ3n) is 2.40. The lowest BCUT2D eigenvalue weighted by molar-refractivity contribution is 0.177. The average Bonchev–Trinajstić information content (AvgIpc) is 2.27. The van der Waals surface area contributed by atoms with Crippen LogP contribution in [0.1, 0.15) is 12.0 Å². The highest BCUT2D eigenvalue weighted by atomic mass is 79.9. The number of benzene rings is 1. The predicted molar refractivity (Wildman–Crippen MR) is 68.9 cm³/mol. The number of nitrogens with two attached hydrogens (primary N) is 1. The van der Waals surface area contributed by atoms with Crippen molar-refractivity contribution >= 4 is 15.9 Å². The Morgan fingerprint density at radius 3 is 2.69 bits per heavy atom. The van der Waals surface area contributed by atoms with Crippen LogP contribution in [0.25, 0.3) is 0 Å². The summed E-state index contributed by atoms with van der Waals surface area (Å²) in [5.41, 5.74) is 7.11. The van der Waals surface area contributed by atoms with E-state index < -0.39 is 0 Å². The van der Waals surface area contributed by atoms with E-state index in [2.05, 4.69) is 28.1 Å². The van der Waals surface area contributed by atoms with Crippen molar-refractivity contribution in [3.8, 4) is 5.75 Å². The van der Waals surface area contributed by atoms with Crippen LogP contribution in [0.5, 0.6) is 5.75 Å². The van der Waals surface area contributed by atoms with Crippen molar-refractivity contribution < 1.29 is 9.47 Å². The molecular weight excluding hydrogens is 270 g/mol. The maximum Gasteiger partial charge on any atom is 0.133 e. The summed E-state index contributed by atoms with van der Waals surface area (Å²) in [4.78, 5) is 0. The second-order valence-corrected chi connectivity index (χ2v) is 4.58. The molecule has 16 heavy (non-hydrogen) atoms. The fraction of sp³-hybridized carbons (Fsp3) is 0.500. The first-order valence-corrected chi connectivity index (χ1v) is 6.03. The lowest BCUT2D eigenvalue weighted by atomic mass is 10.1. The molecule has 1 aromatic carbocycles. The molecule has 1 rings (SSSR count). The van der Waals surface area contributed by atoms with Crippen LogP contribution in [0.2, 0.25) is 0 Å². The van der Waals surface area contributed by atoms with Crippen LogP contribution in [0.15, 0.2) is 22.7 Å². The van der Waals surface area contributed by atoms with Gasteiger partial charge in [-0.25, -0.2) is 0 Å². The van der Waals surface area contributed by atoms with E-state index in [1.807, 2.05) is 6.07 Å². The van der Waals surface area contributed by atoms with Crippen LogP contribution in [-0.2, 0) is 11.2 Å². The first-order chi connectivity index (χ1) is 7.67. The molecule has 1 atom stereocenters. The molecule has 0 bridgehead atoms. The van der Waals surface area contributed by atoms with Gasteiger partial charge in [0.05, 0.1) is 18.2 Å². The Labute approximate surface area is 105 Å². The summed E-state index contributed by atoms with van der Waals surface area (Å²) in [6.45, 7) is 0.608. The number of hydrogen-bond donors (Lipinski definition) is 1. The molecule has 0 aliphatic rings. The lowest BCUT2D eigenvalue weighted by Crippen LogP contribution is -2.26. The molecular formula is C12H18BrNO2. The summed E-state index contributed by atoms with van der Waals surface area (Å²) >= 11 is 3.46. The summed E-state index contributed by atoms with van der Waals surface area (Å²) in [6.07, 6.45) is 1.87. The number of ether oxygens (including phenoxy) is 2. The van der Waals surface area contributed by atoms with Crippen LogP contribution in [0.3, 0.4) is 0 Å². The Morgan fingerprint density at radius 2 is 2.12 bits per heavy atom. The number of aryl methyl sites for hydroxylation is 1. The molecule has 2 N–H and O–H groups in total. The van der Waals surface area contributed by atoms with Crippen molar-refractivity contribution in [2.24, 2.45) is 5.73 Å². The SMILES string of the molecule is COCC(N)CCc1ccc(OC)c(Br)c1. The summed E-state index contributed by atoms with van der Waals surface area (Å²) < 4.78 is 11.2. The Bertz CT molecular complexity index is 331. The highest BCUT2D eigenvalue weighted by molar-refractivity contribution is 9.10. The third kappa shape index (κ3) is 4.12. The quantitative estimate of drug-likeness (QED) is 0.874. The number of methoxy groups -OCH3 is 2. The van der Waals surface area contributed by atoms with Crippen LogP contribution < -0.4 is 10.5 Å². The third-order valence-corrected chi connectivity index (χ3v) is 3.02. The zero-order valence-electron chi connectivity index (χ0n) is 9.70. The predicted octanol–water partition coefficient (Wildman–Crippen LogP) is 2.36. The number of halogens is 1. The van der Waals surface area contributed by atoms with E-state index in [4.69, 9.17) is 15.2 Å². The molecule has 1 aromatic rings. The fourth-order valence-electron chi connectivity index (χ4n) is 1.51. The van der Waals surface area contributed by atoms with Crippen molar-refractivity contribution in [2.45, 2.75) is 18.9 Å². The first kappa shape index (κ1) is 13.5. The summed E-state index contributed by atoms with van der Waals surface area (Å²) in [5, 5.41) is 0. The van der Waals surface area contributed by atoms with Gasteiger partial charge in [0.25, 0.3) is 0 Å². The molecule has 0 radical (unpaired) electrons. The van der Waals surface area contributed by atoms with Gasteiger partial charge in [0.1, 0.15) is 5.75 Å². The minimum Gasteiger partial charge on any atom is -0.496 e. The van der Waals surface area contributed by atoms with Gasteiger partial charge in [0.2, 0.25) is 0 Å². The van der Waals surface area contributed by atoms with Crippen molar-refractivity contribution in [3.63, 3.8) is 0 Å². The van der Waals surface area contributed by atoms with Crippen molar-refractivity contribution in [1.29, 1.82) is 0 Å². The molecule has 0 aromatic heterocycles. The summed E-state index contributed by atoms with van der Waals surface area (Å²) in [6, 6.07) is 6.19. The first-order valence-electron chi connectivity index (χ1n) is 5.24. The lowest BCUT2D eigenvalue weighted by Gasteiger charge is -2.11. The Hall–Kier alpha value is -0.580. The Kier molecular flexibility index (Phi) is 5.80. The zero-order chi connectivity index (χ0) is 12.0. The van der Waals surface area contributed by atoms with Gasteiger partial charge in [0, 0.05) is 13.2 Å². The number of rotatable bonds is 6. The van der Waals surface area contributed by atoms with Gasteiger partial charge in [-0.2, -0.15) is 0 Å². The van der Waals surface area contributed by atoms with Crippen LogP contribution in [-0.4, -0.2) is 26.9 Å². The highest BCUT2D eigenvalue weighted by Gasteiger charge is 2.05. The van der Waals surface area contributed by atoms with Gasteiger partial charge >= 0.3 is 0 Å². The topological polar surface area (TPSA) is 44.5 Å². The monoisotopic (exact) mass is 287 g/mol. The molecule has 90 valence electrons. The molecule has 0 saturated carbocycles. The Morgan fingerprint density at radius 1 is 1.38 bits per heavy atom. The summed E-state index contributed by atoms with van der Waals surface area (Å²) in [5.74, 6) is 0.852. The van der Waals surface area contributed by atoms with Gasteiger partial charge in [-0.3, -0.25) is 0 Å². The molecule has 0 saturated heterocycles. The van der Waals surface area contributed by atoms with E-state index in [0.29, 0.717) is 6.61 Å². The smallest absolute Gasteiger partial charge is 0.133 e. The second kappa shape index (κ2) is 6.89. The molecule has 0 heterocycles. The molecule has 0 aliphatic carbocycles. The molecule has 0 fully saturated rings. The highest BCUT2D eigenvalue weighted by Crippen LogP contribution is 2.26. The van der Waals surface area contributed by atoms with Gasteiger partial charge < -0.3 is 15.2 Å². The maximum absolute atomic E-state index is 5.86. The molecule has 3 nitrogen and oxygen atoms in total. The van der Waals surface area contributed by atoms with E-state index in [0.717, 1.165) is 23.1 Å². The van der Waals surface area contributed by atoms with Gasteiger partial charge in [-0.05, 0) is 46.5 Å². The van der Waals surface area contributed by atoms with Crippen LogP contribution >= 0.6 is 15.9 Å². The van der Waals surface area contributed by atoms with Gasteiger partial charge in [-0.1, -0.05) is 6.07 Å². The molecule has 4 heteroatoms. The van der Waals surface area contributed by atoms with Crippen LogP contribution in [0, 0.1) is 0 Å². The molecule has 1 unspecified atom stereocenters. The minimum absolute atomic E-state index is 0.103. The van der Waals surface area contributed by atoms with E-state index in [1.54, 1.807) is 14.2 Å². The minimum atomic E-state index is 0.103. The van der Waals surface area contributed by atoms with E-state index in [1.165, 1.54) is 5.56 Å². The second-order valence-electron chi connectivity index (χ2n) is 3.72. The normalized spacial score (nSPS) is 12.5. The maximum atomic E-state index is 5.86. The van der Waals surface area contributed by atoms with Gasteiger partial charge in [0.15, 0.2) is 0 Å². The molecule has 0 spiro atoms. The Balaban J connectivity index is 2.51. The van der Waals surface area contributed by atoms with Crippen molar-refractivity contribution in [1.82, 2.24) is 0 Å². The average molecular weight is 288 g/mol. The molecule has 0 aliphatic heterocycles. The largest absolute Gasteiger partial charge is 0.496 e. The van der Waals surface area contributed by atoms with Crippen LogP contribution in [0.4, 0.5) is 0 Å². The van der Waals surface area contributed by atoms with E-state index in [-0.39, 0.29) is 6.04 Å². The van der Waals surface area contributed by atoms with Crippen molar-refractivity contribution in [3.05, 3.63) is 28.2 Å². The fourth-order valence-corrected chi connectivity index (χ4v) is 2.10. The van der Waals surface area contributed by atoms with E-state index in [9.17, 15) is 0 Å². The van der Waals surface area contributed by atoms with Crippen molar-refractivity contribution in [2.75, 3.05) is 20.8 Å². The van der Waals surface area contributed by atoms with E-state index >= 15 is 0 Å². The summed E-state index contributed by atoms with van der Waals surface area (Å²) in [7, 11) is 3.33. The molecule has 0 amide bonds. The standard InChI is InChI=1S/C12H18BrNO2/c1-15-8-10(14)5-3-9-4-6-12(16-2)11(13)7-9/h4,6-7,10H,3,5,8,14H2,1-2H3. The van der Waals surface area contributed by atoms with Gasteiger partial charge in [-0.15, -0.1) is 0 Å². The zero-order valence-corrected chi connectivity index (χ0v) is 11.3. The number of hydrogen-bond acceptors (Lipinski definition) is 3.